The van der Waals surface area contributed by atoms with E-state index in [1.54, 1.807) is 17.8 Å². The van der Waals surface area contributed by atoms with Crippen molar-refractivity contribution < 1.29 is 14.7 Å². The first kappa shape index (κ1) is 16.5. The molecule has 0 aliphatic carbocycles. The molecule has 134 valence electrons. The highest BCUT2D eigenvalue weighted by Gasteiger charge is 2.26. The Morgan fingerprint density at radius 3 is 2.88 bits per heavy atom. The summed E-state index contributed by atoms with van der Waals surface area (Å²) in [5, 5.41) is 14.5. The number of nitrogens with one attached hydrogen (secondary N) is 2. The van der Waals surface area contributed by atoms with E-state index in [0.29, 0.717) is 24.5 Å². The summed E-state index contributed by atoms with van der Waals surface area (Å²) in [4.78, 5) is 36.5. The number of H-pyrrole nitrogens is 1. The molecule has 1 fully saturated rings. The first-order chi connectivity index (χ1) is 12.6. The van der Waals surface area contributed by atoms with Crippen molar-refractivity contribution in [1.82, 2.24) is 19.9 Å². The largest absolute Gasteiger partial charge is 0.465 e. The highest BCUT2D eigenvalue weighted by atomic mass is 32.1. The third-order valence-corrected chi connectivity index (χ3v) is 5.56. The Kier molecular flexibility index (Phi) is 4.29. The van der Waals surface area contributed by atoms with Crippen molar-refractivity contribution in [3.05, 3.63) is 40.6 Å². The van der Waals surface area contributed by atoms with Gasteiger partial charge in [-0.05, 0) is 31.0 Å². The lowest BCUT2D eigenvalue weighted by atomic mass is 9.98. The number of imidazole rings is 1. The van der Waals surface area contributed by atoms with E-state index >= 15 is 0 Å². The lowest BCUT2D eigenvalue weighted by Gasteiger charge is -2.28. The molecular formula is C17H17N5O3S. The zero-order chi connectivity index (χ0) is 18.1. The molecule has 2 aromatic heterocycles. The molecule has 2 amide bonds. The molecule has 3 N–H and O–H groups in total. The lowest BCUT2D eigenvalue weighted by molar-refractivity contribution is 0.102. The molecule has 0 atom stereocenters. The van der Waals surface area contributed by atoms with Crippen molar-refractivity contribution in [2.45, 2.75) is 18.8 Å². The van der Waals surface area contributed by atoms with Gasteiger partial charge in [0.2, 0.25) is 0 Å². The summed E-state index contributed by atoms with van der Waals surface area (Å²) < 4.78 is 0. The highest BCUT2D eigenvalue weighted by molar-refractivity contribution is 7.10. The van der Waals surface area contributed by atoms with Gasteiger partial charge >= 0.3 is 6.09 Å². The van der Waals surface area contributed by atoms with Crippen LogP contribution in [0.3, 0.4) is 0 Å². The van der Waals surface area contributed by atoms with Crippen molar-refractivity contribution in [3.8, 4) is 0 Å². The number of piperidine rings is 1. The third-order valence-electron chi connectivity index (χ3n) is 4.55. The monoisotopic (exact) mass is 371 g/mol. The summed E-state index contributed by atoms with van der Waals surface area (Å²) in [6.07, 6.45) is 2.20. The molecule has 0 bridgehead atoms. The molecule has 0 saturated carbocycles. The molecule has 0 unspecified atom stereocenters. The van der Waals surface area contributed by atoms with Crippen LogP contribution in [0.5, 0.6) is 0 Å². The quantitative estimate of drug-likeness (QED) is 0.655. The van der Waals surface area contributed by atoms with Crippen molar-refractivity contribution in [1.29, 1.82) is 0 Å². The maximum absolute atomic E-state index is 12.4. The van der Waals surface area contributed by atoms with Gasteiger partial charge in [0, 0.05) is 30.1 Å². The second-order valence-electron chi connectivity index (χ2n) is 6.20. The van der Waals surface area contributed by atoms with Crippen LogP contribution >= 0.6 is 11.3 Å². The van der Waals surface area contributed by atoms with Crippen LogP contribution in [0.2, 0.25) is 0 Å². The van der Waals surface area contributed by atoms with Crippen LogP contribution in [0, 0.1) is 0 Å². The van der Waals surface area contributed by atoms with Gasteiger partial charge in [0.1, 0.15) is 5.69 Å². The van der Waals surface area contributed by atoms with Gasteiger partial charge in [0.05, 0.1) is 22.4 Å². The van der Waals surface area contributed by atoms with Gasteiger partial charge in [-0.2, -0.15) is 0 Å². The first-order valence-corrected chi connectivity index (χ1v) is 9.16. The number of aromatic nitrogens is 3. The molecule has 1 aliphatic rings. The minimum Gasteiger partial charge on any atom is -0.465 e. The van der Waals surface area contributed by atoms with Crippen LogP contribution < -0.4 is 5.32 Å². The van der Waals surface area contributed by atoms with Crippen LogP contribution in [0.25, 0.3) is 11.0 Å². The fourth-order valence-electron chi connectivity index (χ4n) is 3.10. The number of carboxylic acid groups (broad SMARTS) is 1. The SMILES string of the molecule is O=C(Nc1ccc2[nH]cnc2c1)c1csc(C2CCN(C(=O)O)CC2)n1. The number of aromatic amines is 1. The summed E-state index contributed by atoms with van der Waals surface area (Å²) in [7, 11) is 0. The van der Waals surface area contributed by atoms with Crippen molar-refractivity contribution in [3.63, 3.8) is 0 Å². The molecule has 26 heavy (non-hydrogen) atoms. The molecule has 1 aromatic carbocycles. The number of hydrogen-bond donors (Lipinski definition) is 3. The molecular weight excluding hydrogens is 354 g/mol. The van der Waals surface area contributed by atoms with Crippen LogP contribution in [0.15, 0.2) is 29.9 Å². The fraction of sp³-hybridized carbons (Fsp3) is 0.294. The van der Waals surface area contributed by atoms with Gasteiger partial charge in [0.15, 0.2) is 0 Å². The standard InChI is InChI=1S/C17H17N5O3S/c23-15(20-11-1-2-12-13(7-11)19-9-18-12)14-8-26-16(21-14)10-3-5-22(6-4-10)17(24)25/h1-2,7-10H,3-6H2,(H,18,19)(H,20,23)(H,24,25). The average molecular weight is 371 g/mol. The van der Waals surface area contributed by atoms with Gasteiger partial charge in [0.25, 0.3) is 5.91 Å². The Morgan fingerprint density at radius 2 is 2.12 bits per heavy atom. The van der Waals surface area contributed by atoms with Crippen molar-refractivity contribution >= 4 is 40.1 Å². The summed E-state index contributed by atoms with van der Waals surface area (Å²) in [6, 6.07) is 5.48. The number of amides is 2. The predicted molar refractivity (Wildman–Crippen MR) is 97.7 cm³/mol. The zero-order valence-corrected chi connectivity index (χ0v) is 14.6. The van der Waals surface area contributed by atoms with E-state index in [4.69, 9.17) is 5.11 Å². The molecule has 8 nitrogen and oxygen atoms in total. The van der Waals surface area contributed by atoms with Crippen LogP contribution in [0.1, 0.15) is 34.3 Å². The smallest absolute Gasteiger partial charge is 0.407 e. The van der Waals surface area contributed by atoms with E-state index in [-0.39, 0.29) is 11.8 Å². The van der Waals surface area contributed by atoms with E-state index in [1.165, 1.54) is 16.2 Å². The van der Waals surface area contributed by atoms with Crippen LogP contribution in [-0.2, 0) is 0 Å². The highest BCUT2D eigenvalue weighted by Crippen LogP contribution is 2.30. The number of likely N-dealkylation sites (tertiary alicyclic amines) is 1. The third kappa shape index (κ3) is 3.25. The first-order valence-electron chi connectivity index (χ1n) is 8.28. The van der Waals surface area contributed by atoms with E-state index < -0.39 is 6.09 Å². The summed E-state index contributed by atoms with van der Waals surface area (Å²) in [5.41, 5.74) is 2.74. The van der Waals surface area contributed by atoms with Crippen LogP contribution in [-0.4, -0.2) is 50.0 Å². The molecule has 0 radical (unpaired) electrons. The number of benzene rings is 1. The second-order valence-corrected chi connectivity index (χ2v) is 7.09. The minimum atomic E-state index is -0.878. The fourth-order valence-corrected chi connectivity index (χ4v) is 4.07. The van der Waals surface area contributed by atoms with E-state index in [0.717, 1.165) is 28.9 Å². The number of thiazole rings is 1. The average Bonchev–Trinajstić information content (AvgIpc) is 3.31. The Balaban J connectivity index is 1.42. The number of carbonyl (C=O) groups is 2. The number of anilines is 1. The number of rotatable bonds is 3. The Morgan fingerprint density at radius 1 is 1.31 bits per heavy atom. The molecule has 3 aromatic rings. The second kappa shape index (κ2) is 6.75. The molecule has 1 saturated heterocycles. The number of hydrogen-bond acceptors (Lipinski definition) is 5. The van der Waals surface area contributed by atoms with Gasteiger partial charge in [-0.15, -0.1) is 11.3 Å². The topological polar surface area (TPSA) is 111 Å². The zero-order valence-electron chi connectivity index (χ0n) is 13.8. The summed E-state index contributed by atoms with van der Waals surface area (Å²) >= 11 is 1.45. The van der Waals surface area contributed by atoms with Gasteiger partial charge < -0.3 is 20.3 Å². The van der Waals surface area contributed by atoms with Gasteiger partial charge in [-0.1, -0.05) is 0 Å². The summed E-state index contributed by atoms with van der Waals surface area (Å²) in [6.45, 7) is 1.01. The number of carbonyl (C=O) groups excluding carboxylic acids is 1. The normalized spacial score (nSPS) is 15.3. The van der Waals surface area contributed by atoms with Gasteiger partial charge in [-0.3, -0.25) is 4.79 Å². The molecule has 9 heteroatoms. The Labute approximate surface area is 152 Å². The molecule has 1 aliphatic heterocycles. The van der Waals surface area contributed by atoms with Crippen molar-refractivity contribution in [2.75, 3.05) is 18.4 Å². The minimum absolute atomic E-state index is 0.206. The number of nitrogens with zero attached hydrogens (tertiary/aromatic N) is 3. The van der Waals surface area contributed by atoms with E-state index in [9.17, 15) is 9.59 Å². The maximum Gasteiger partial charge on any atom is 0.407 e. The number of fused-ring (bicyclic) bond motifs is 1. The van der Waals surface area contributed by atoms with Gasteiger partial charge in [-0.25, -0.2) is 14.8 Å². The molecule has 3 heterocycles. The molecule has 0 spiro atoms. The summed E-state index contributed by atoms with van der Waals surface area (Å²) in [5.74, 6) is -0.0529. The Bertz CT molecular complexity index is 958. The predicted octanol–water partition coefficient (Wildman–Crippen LogP) is 3.13. The maximum atomic E-state index is 12.4. The van der Waals surface area contributed by atoms with Crippen molar-refractivity contribution in [2.24, 2.45) is 0 Å². The van der Waals surface area contributed by atoms with Crippen LogP contribution in [0.4, 0.5) is 10.5 Å². The van der Waals surface area contributed by atoms with E-state index in [2.05, 4.69) is 20.3 Å². The molecule has 4 rings (SSSR count). The lowest BCUT2D eigenvalue weighted by Crippen LogP contribution is -2.36. The Hall–Kier alpha value is -2.94. The van der Waals surface area contributed by atoms with E-state index in [1.807, 2.05) is 12.1 Å².